The van der Waals surface area contributed by atoms with Crippen LogP contribution in [0.1, 0.15) is 0 Å². The Labute approximate surface area is 54.8 Å². The van der Waals surface area contributed by atoms with E-state index >= 15 is 0 Å². The highest BCUT2D eigenvalue weighted by Gasteiger charge is 1.67. The van der Waals surface area contributed by atoms with Crippen LogP contribution in [-0.2, 0) is 9.53 Å². The molecule has 0 aliphatic carbocycles. The van der Waals surface area contributed by atoms with Crippen LogP contribution in [0.4, 0.5) is 0 Å². The first-order chi connectivity index (χ1) is 4.41. The number of hydrogen-bond acceptors (Lipinski definition) is 2. The minimum atomic E-state index is 0.573. The minimum Gasteiger partial charge on any atom is -0.381 e. The van der Waals surface area contributed by atoms with Crippen molar-refractivity contribution in [1.82, 2.24) is 0 Å². The van der Waals surface area contributed by atoms with Crippen LogP contribution >= 0.6 is 0 Å². The van der Waals surface area contributed by atoms with E-state index < -0.39 is 0 Å². The zero-order valence-corrected chi connectivity index (χ0v) is 5.33. The third kappa shape index (κ3) is 7.11. The van der Waals surface area contributed by atoms with Crippen LogP contribution in [0.5, 0.6) is 0 Å². The molecule has 0 rings (SSSR count). The summed E-state index contributed by atoms with van der Waals surface area (Å²) in [6.07, 6.45) is 8.05. The summed E-state index contributed by atoms with van der Waals surface area (Å²) in [5.74, 6) is 0. The third-order valence-corrected chi connectivity index (χ3v) is 0.674. The van der Waals surface area contributed by atoms with Crippen molar-refractivity contribution in [2.45, 2.75) is 0 Å². The van der Waals surface area contributed by atoms with Crippen LogP contribution in [0.3, 0.4) is 0 Å². The molecular weight excluding hydrogens is 116 g/mol. The van der Waals surface area contributed by atoms with Crippen LogP contribution in [0.2, 0.25) is 0 Å². The summed E-state index contributed by atoms with van der Waals surface area (Å²) in [5.41, 5.74) is 0. The maximum atomic E-state index is 9.56. The second kappa shape index (κ2) is 7.11. The lowest BCUT2D eigenvalue weighted by atomic mass is 10.4. The zero-order valence-electron chi connectivity index (χ0n) is 5.33. The topological polar surface area (TPSA) is 26.3 Å². The van der Waals surface area contributed by atoms with Gasteiger partial charge in [0.1, 0.15) is 0 Å². The molecule has 0 saturated carbocycles. The first-order valence-electron chi connectivity index (χ1n) is 2.60. The lowest BCUT2D eigenvalue weighted by molar-refractivity contribution is 0.234. The van der Waals surface area contributed by atoms with Gasteiger partial charge in [-0.1, -0.05) is 18.2 Å². The van der Waals surface area contributed by atoms with E-state index in [-0.39, 0.29) is 0 Å². The molecule has 0 spiro atoms. The van der Waals surface area contributed by atoms with Crippen LogP contribution < -0.4 is 0 Å². The van der Waals surface area contributed by atoms with Gasteiger partial charge < -0.3 is 4.74 Å². The average molecular weight is 125 g/mol. The Morgan fingerprint density at radius 1 is 1.56 bits per heavy atom. The van der Waals surface area contributed by atoms with Crippen molar-refractivity contribution in [3.05, 3.63) is 24.3 Å². The van der Waals surface area contributed by atoms with Crippen LogP contribution in [-0.4, -0.2) is 20.0 Å². The molecule has 1 radical (unpaired) electrons. The summed E-state index contributed by atoms with van der Waals surface area (Å²) in [6, 6.07) is 0. The molecule has 2 nitrogen and oxygen atoms in total. The van der Waals surface area contributed by atoms with Gasteiger partial charge in [-0.3, -0.25) is 4.79 Å². The first kappa shape index (κ1) is 8.11. The van der Waals surface area contributed by atoms with Gasteiger partial charge in [-0.2, -0.15) is 0 Å². The predicted molar refractivity (Wildman–Crippen MR) is 35.8 cm³/mol. The molecule has 0 fully saturated rings. The molecule has 0 aromatic rings. The molecule has 9 heavy (non-hydrogen) atoms. The fourth-order valence-electron chi connectivity index (χ4n) is 0.325. The quantitative estimate of drug-likeness (QED) is 0.411. The molecule has 0 bridgehead atoms. The van der Waals surface area contributed by atoms with Crippen LogP contribution in [0, 0.1) is 0 Å². The second-order valence-corrected chi connectivity index (χ2v) is 1.36. The second-order valence-electron chi connectivity index (χ2n) is 1.36. The van der Waals surface area contributed by atoms with Gasteiger partial charge in [0.2, 0.25) is 6.29 Å². The lowest BCUT2D eigenvalue weighted by Gasteiger charge is -1.82. The Balaban J connectivity index is 3.23. The van der Waals surface area contributed by atoms with E-state index in [2.05, 4.69) is 0 Å². The van der Waals surface area contributed by atoms with E-state index in [0.29, 0.717) is 6.61 Å². The Morgan fingerprint density at radius 2 is 2.33 bits per heavy atom. The Bertz CT molecular complexity index is 114. The van der Waals surface area contributed by atoms with Gasteiger partial charge in [0.25, 0.3) is 0 Å². The average Bonchev–Trinajstić information content (AvgIpc) is 1.89. The zero-order chi connectivity index (χ0) is 6.95. The molecule has 0 aliphatic rings. The van der Waals surface area contributed by atoms with E-state index in [1.165, 1.54) is 6.08 Å². The molecule has 0 amide bonds. The molecule has 0 aromatic heterocycles. The van der Waals surface area contributed by atoms with E-state index in [0.717, 1.165) is 0 Å². The Morgan fingerprint density at radius 3 is 2.89 bits per heavy atom. The summed E-state index contributed by atoms with van der Waals surface area (Å²) in [6.45, 7) is 0.573. The summed E-state index contributed by atoms with van der Waals surface area (Å²) < 4.78 is 4.70. The Hall–Kier alpha value is -0.890. The fraction of sp³-hybridized carbons (Fsp3) is 0.286. The van der Waals surface area contributed by atoms with Crippen LogP contribution in [0.25, 0.3) is 0 Å². The largest absolute Gasteiger partial charge is 0.381 e. The number of ether oxygens (including phenoxy) is 1. The lowest BCUT2D eigenvalue weighted by Crippen LogP contribution is -1.78. The SMILES string of the molecule is COC/C=C/C=C/[C]=O. The van der Waals surface area contributed by atoms with E-state index in [4.69, 9.17) is 4.74 Å². The number of hydrogen-bond donors (Lipinski definition) is 0. The van der Waals surface area contributed by atoms with Crippen molar-refractivity contribution in [1.29, 1.82) is 0 Å². The molecule has 2 heteroatoms. The molecule has 0 aromatic carbocycles. The van der Waals surface area contributed by atoms with Gasteiger partial charge in [-0.15, -0.1) is 0 Å². The molecule has 0 atom stereocenters. The van der Waals surface area contributed by atoms with Crippen molar-refractivity contribution < 1.29 is 9.53 Å². The molecule has 0 heterocycles. The predicted octanol–water partition coefficient (Wildman–Crippen LogP) is 0.855. The fourth-order valence-corrected chi connectivity index (χ4v) is 0.325. The van der Waals surface area contributed by atoms with Crippen LogP contribution in [0.15, 0.2) is 24.3 Å². The summed E-state index contributed by atoms with van der Waals surface area (Å²) >= 11 is 0. The van der Waals surface area contributed by atoms with Crippen molar-refractivity contribution >= 4 is 6.29 Å². The van der Waals surface area contributed by atoms with Crippen molar-refractivity contribution in [2.75, 3.05) is 13.7 Å². The monoisotopic (exact) mass is 125 g/mol. The van der Waals surface area contributed by atoms with E-state index in [9.17, 15) is 4.79 Å². The maximum Gasteiger partial charge on any atom is 0.225 e. The smallest absolute Gasteiger partial charge is 0.225 e. The number of carbonyl (C=O) groups excluding carboxylic acids is 1. The van der Waals surface area contributed by atoms with Crippen molar-refractivity contribution in [3.8, 4) is 0 Å². The summed E-state index contributed by atoms with van der Waals surface area (Å²) in [7, 11) is 1.61. The minimum absolute atomic E-state index is 0.573. The van der Waals surface area contributed by atoms with Gasteiger partial charge in [-0.05, 0) is 6.08 Å². The molecule has 0 N–H and O–H groups in total. The molecular formula is C7H9O2. The Kier molecular flexibility index (Phi) is 6.41. The van der Waals surface area contributed by atoms with Gasteiger partial charge in [-0.25, -0.2) is 0 Å². The molecule has 0 unspecified atom stereocenters. The van der Waals surface area contributed by atoms with Crippen molar-refractivity contribution in [2.24, 2.45) is 0 Å². The van der Waals surface area contributed by atoms with Gasteiger partial charge in [0.15, 0.2) is 0 Å². The van der Waals surface area contributed by atoms with Gasteiger partial charge in [0, 0.05) is 7.11 Å². The van der Waals surface area contributed by atoms with Gasteiger partial charge >= 0.3 is 0 Å². The highest BCUT2D eigenvalue weighted by atomic mass is 16.5. The highest BCUT2D eigenvalue weighted by Crippen LogP contribution is 1.75. The van der Waals surface area contributed by atoms with Crippen molar-refractivity contribution in [3.63, 3.8) is 0 Å². The molecule has 49 valence electrons. The molecule has 0 aliphatic heterocycles. The number of allylic oxidation sites excluding steroid dienone is 3. The maximum absolute atomic E-state index is 9.56. The highest BCUT2D eigenvalue weighted by molar-refractivity contribution is 5.66. The normalized spacial score (nSPS) is 11.2. The number of methoxy groups -OCH3 is 1. The standard InChI is InChI=1S/C7H9O2/c1-9-7-5-3-2-4-6-8/h2-5H,7H2,1H3/b4-2+,5-3+. The third-order valence-electron chi connectivity index (χ3n) is 0.674. The van der Waals surface area contributed by atoms with Gasteiger partial charge in [0.05, 0.1) is 6.61 Å². The van der Waals surface area contributed by atoms with E-state index in [1.54, 1.807) is 31.6 Å². The van der Waals surface area contributed by atoms with E-state index in [1.807, 2.05) is 0 Å². The number of rotatable bonds is 4. The first-order valence-corrected chi connectivity index (χ1v) is 2.60. The summed E-state index contributed by atoms with van der Waals surface area (Å²) in [4.78, 5) is 9.56. The molecule has 0 saturated heterocycles. The summed E-state index contributed by atoms with van der Waals surface area (Å²) in [5, 5.41) is 0.